The molecule has 0 unspecified atom stereocenters. The zero-order chi connectivity index (χ0) is 16.8. The van der Waals surface area contributed by atoms with Gasteiger partial charge in [0.25, 0.3) is 0 Å². The summed E-state index contributed by atoms with van der Waals surface area (Å²) in [6, 6.07) is 7.01. The van der Waals surface area contributed by atoms with E-state index in [2.05, 4.69) is 5.32 Å². The van der Waals surface area contributed by atoms with Gasteiger partial charge in [0, 0.05) is 26.8 Å². The van der Waals surface area contributed by atoms with Gasteiger partial charge < -0.3 is 14.6 Å². The highest BCUT2D eigenvalue weighted by atomic mass is 16.5. The number of aryl methyl sites for hydroxylation is 1. The summed E-state index contributed by atoms with van der Waals surface area (Å²) in [5.41, 5.74) is -0.172. The molecule has 1 aromatic heterocycles. The van der Waals surface area contributed by atoms with Crippen LogP contribution >= 0.6 is 0 Å². The van der Waals surface area contributed by atoms with Crippen LogP contribution in [-0.4, -0.2) is 34.8 Å². The van der Waals surface area contributed by atoms with Crippen LogP contribution in [0.5, 0.6) is 0 Å². The summed E-state index contributed by atoms with van der Waals surface area (Å²) < 4.78 is 7.71. The number of nitrogens with zero attached hydrogens (tertiary/aromatic N) is 2. The summed E-state index contributed by atoms with van der Waals surface area (Å²) in [5, 5.41) is 2.73. The van der Waals surface area contributed by atoms with Gasteiger partial charge in [-0.15, -0.1) is 0 Å². The van der Waals surface area contributed by atoms with Gasteiger partial charge in [-0.2, -0.15) is 0 Å². The van der Waals surface area contributed by atoms with Crippen LogP contribution in [0.2, 0.25) is 0 Å². The molecular weight excluding hydrogens is 298 g/mol. The quantitative estimate of drug-likeness (QED) is 0.585. The Morgan fingerprint density at radius 3 is 2.57 bits per heavy atom. The van der Waals surface area contributed by atoms with Gasteiger partial charge in [0.1, 0.15) is 6.54 Å². The van der Waals surface area contributed by atoms with Crippen LogP contribution < -0.4 is 16.4 Å². The second kappa shape index (κ2) is 7.73. The first-order valence-electron chi connectivity index (χ1n) is 7.59. The van der Waals surface area contributed by atoms with Gasteiger partial charge in [0.2, 0.25) is 5.91 Å². The fourth-order valence-electron chi connectivity index (χ4n) is 2.36. The minimum atomic E-state index is -0.698. The zero-order valence-corrected chi connectivity index (χ0v) is 13.4. The minimum absolute atomic E-state index is 0.177. The molecule has 0 bridgehead atoms. The number of aromatic nitrogens is 2. The SMILES string of the molecule is CCOCCCNC(=O)Cn1c(=O)c(=O)n(C)c2ccccc21. The predicted octanol–water partition coefficient (Wildman–Crippen LogP) is 0.243. The molecule has 2 rings (SSSR count). The third kappa shape index (κ3) is 3.87. The maximum absolute atomic E-state index is 12.2. The van der Waals surface area contributed by atoms with E-state index in [-0.39, 0.29) is 12.5 Å². The third-order valence-electron chi connectivity index (χ3n) is 3.56. The van der Waals surface area contributed by atoms with E-state index in [0.29, 0.717) is 37.2 Å². The Kier molecular flexibility index (Phi) is 5.70. The van der Waals surface area contributed by atoms with Crippen LogP contribution in [-0.2, 0) is 23.1 Å². The highest BCUT2D eigenvalue weighted by Gasteiger charge is 2.13. The summed E-state index contributed by atoms with van der Waals surface area (Å²) in [6.07, 6.45) is 0.700. The Morgan fingerprint density at radius 2 is 1.87 bits per heavy atom. The van der Waals surface area contributed by atoms with Crippen molar-refractivity contribution in [3.63, 3.8) is 0 Å². The second-order valence-electron chi connectivity index (χ2n) is 5.14. The van der Waals surface area contributed by atoms with Crippen molar-refractivity contribution in [3.05, 3.63) is 45.0 Å². The van der Waals surface area contributed by atoms with Crippen molar-refractivity contribution < 1.29 is 9.53 Å². The Balaban J connectivity index is 2.19. The molecule has 0 fully saturated rings. The van der Waals surface area contributed by atoms with Crippen LogP contribution in [0.25, 0.3) is 11.0 Å². The van der Waals surface area contributed by atoms with E-state index in [9.17, 15) is 14.4 Å². The summed E-state index contributed by atoms with van der Waals surface area (Å²) in [6.45, 7) is 3.42. The summed E-state index contributed by atoms with van der Waals surface area (Å²) in [7, 11) is 1.55. The number of carbonyl (C=O) groups excluding carboxylic acids is 1. The van der Waals surface area contributed by atoms with Gasteiger partial charge in [-0.1, -0.05) is 12.1 Å². The van der Waals surface area contributed by atoms with Crippen LogP contribution in [0, 0.1) is 0 Å². The second-order valence-corrected chi connectivity index (χ2v) is 5.14. The molecule has 0 atom stereocenters. The Labute approximate surface area is 133 Å². The molecule has 124 valence electrons. The van der Waals surface area contributed by atoms with Crippen molar-refractivity contribution in [3.8, 4) is 0 Å². The van der Waals surface area contributed by atoms with Crippen LogP contribution in [0.4, 0.5) is 0 Å². The van der Waals surface area contributed by atoms with E-state index in [1.165, 1.54) is 9.13 Å². The molecular formula is C16H21N3O4. The van der Waals surface area contributed by atoms with Gasteiger partial charge >= 0.3 is 11.1 Å². The molecule has 0 aliphatic rings. The Morgan fingerprint density at radius 1 is 1.17 bits per heavy atom. The fraction of sp³-hybridized carbons (Fsp3) is 0.438. The maximum Gasteiger partial charge on any atom is 0.317 e. The van der Waals surface area contributed by atoms with Gasteiger partial charge in [-0.05, 0) is 25.5 Å². The molecule has 1 aromatic carbocycles. The molecule has 2 aromatic rings. The van der Waals surface area contributed by atoms with E-state index in [0.717, 1.165) is 0 Å². The number of hydrogen-bond acceptors (Lipinski definition) is 4. The van der Waals surface area contributed by atoms with Crippen molar-refractivity contribution in [2.75, 3.05) is 19.8 Å². The first-order chi connectivity index (χ1) is 11.1. The largest absolute Gasteiger partial charge is 0.382 e. The molecule has 7 nitrogen and oxygen atoms in total. The molecule has 0 aliphatic heterocycles. The average Bonchev–Trinajstić information content (AvgIpc) is 2.56. The van der Waals surface area contributed by atoms with E-state index in [4.69, 9.17) is 4.74 Å². The van der Waals surface area contributed by atoms with Crippen molar-refractivity contribution >= 4 is 16.9 Å². The number of para-hydroxylation sites is 2. The number of hydrogen-bond donors (Lipinski definition) is 1. The number of nitrogens with one attached hydrogen (secondary N) is 1. The molecule has 1 amide bonds. The number of benzene rings is 1. The number of ether oxygens (including phenoxy) is 1. The Bertz CT molecular complexity index is 807. The van der Waals surface area contributed by atoms with Gasteiger partial charge in [-0.3, -0.25) is 19.0 Å². The lowest BCUT2D eigenvalue weighted by Gasteiger charge is -2.12. The monoisotopic (exact) mass is 319 g/mol. The lowest BCUT2D eigenvalue weighted by Crippen LogP contribution is -2.43. The highest BCUT2D eigenvalue weighted by molar-refractivity contribution is 5.80. The summed E-state index contributed by atoms with van der Waals surface area (Å²) >= 11 is 0. The minimum Gasteiger partial charge on any atom is -0.382 e. The van der Waals surface area contributed by atoms with Crippen LogP contribution in [0.3, 0.4) is 0 Å². The van der Waals surface area contributed by atoms with Crippen LogP contribution in [0.15, 0.2) is 33.9 Å². The summed E-state index contributed by atoms with van der Waals surface area (Å²) in [5.74, 6) is -0.304. The molecule has 1 heterocycles. The molecule has 0 spiro atoms. The molecule has 0 aliphatic carbocycles. The van der Waals surface area contributed by atoms with Crippen molar-refractivity contribution in [2.24, 2.45) is 7.05 Å². The molecule has 0 saturated heterocycles. The number of rotatable bonds is 7. The molecule has 0 radical (unpaired) electrons. The van der Waals surface area contributed by atoms with E-state index >= 15 is 0 Å². The van der Waals surface area contributed by atoms with Gasteiger partial charge in [-0.25, -0.2) is 0 Å². The normalized spacial score (nSPS) is 10.9. The number of carbonyl (C=O) groups is 1. The number of amides is 1. The average molecular weight is 319 g/mol. The van der Waals surface area contributed by atoms with Gasteiger partial charge in [0.05, 0.1) is 11.0 Å². The van der Waals surface area contributed by atoms with E-state index < -0.39 is 11.1 Å². The lowest BCUT2D eigenvalue weighted by molar-refractivity contribution is -0.121. The zero-order valence-electron chi connectivity index (χ0n) is 13.4. The van der Waals surface area contributed by atoms with E-state index in [1.54, 1.807) is 31.3 Å². The highest BCUT2D eigenvalue weighted by Crippen LogP contribution is 2.08. The lowest BCUT2D eigenvalue weighted by atomic mass is 10.3. The first-order valence-corrected chi connectivity index (χ1v) is 7.59. The fourth-order valence-corrected chi connectivity index (χ4v) is 2.36. The Hall–Kier alpha value is -2.41. The number of fused-ring (bicyclic) bond motifs is 1. The molecule has 23 heavy (non-hydrogen) atoms. The van der Waals surface area contributed by atoms with Crippen molar-refractivity contribution in [1.82, 2.24) is 14.5 Å². The van der Waals surface area contributed by atoms with Crippen molar-refractivity contribution in [2.45, 2.75) is 19.9 Å². The maximum atomic E-state index is 12.2. The molecule has 0 saturated carbocycles. The summed E-state index contributed by atoms with van der Waals surface area (Å²) in [4.78, 5) is 36.2. The van der Waals surface area contributed by atoms with Crippen LogP contribution in [0.1, 0.15) is 13.3 Å². The van der Waals surface area contributed by atoms with E-state index in [1.807, 2.05) is 6.92 Å². The van der Waals surface area contributed by atoms with Crippen molar-refractivity contribution in [1.29, 1.82) is 0 Å². The third-order valence-corrected chi connectivity index (χ3v) is 3.56. The smallest absolute Gasteiger partial charge is 0.317 e. The van der Waals surface area contributed by atoms with Gasteiger partial charge in [0.15, 0.2) is 0 Å². The standard InChI is InChI=1S/C16H21N3O4/c1-3-23-10-6-9-17-14(20)11-19-13-8-5-4-7-12(13)18(2)15(21)16(19)22/h4-5,7-8H,3,6,9-11H2,1-2H3,(H,17,20). The predicted molar refractivity (Wildman–Crippen MR) is 87.6 cm³/mol. The molecule has 1 N–H and O–H groups in total. The topological polar surface area (TPSA) is 82.3 Å². The molecule has 7 heteroatoms. The first kappa shape index (κ1) is 17.0.